The Balaban J connectivity index is 1.75. The van der Waals surface area contributed by atoms with Gasteiger partial charge in [-0.2, -0.15) is 5.10 Å². The minimum Gasteiger partial charge on any atom is -0.355 e. The maximum atomic E-state index is 12.6. The Labute approximate surface area is 175 Å². The number of aromatic amines is 1. The Morgan fingerprint density at radius 2 is 2.00 bits per heavy atom. The lowest BCUT2D eigenvalue weighted by atomic mass is 9.99. The van der Waals surface area contributed by atoms with Gasteiger partial charge in [0.05, 0.1) is 29.7 Å². The van der Waals surface area contributed by atoms with Crippen LogP contribution in [0.3, 0.4) is 0 Å². The number of nitrogens with zero attached hydrogens (tertiary/aromatic N) is 3. The highest BCUT2D eigenvalue weighted by molar-refractivity contribution is 5.94. The van der Waals surface area contributed by atoms with E-state index >= 15 is 0 Å². The van der Waals surface area contributed by atoms with Gasteiger partial charge in [-0.1, -0.05) is 12.1 Å². The van der Waals surface area contributed by atoms with E-state index in [-0.39, 0.29) is 30.3 Å². The molecule has 2 aromatic rings. The van der Waals surface area contributed by atoms with Crippen molar-refractivity contribution in [2.24, 2.45) is 0 Å². The van der Waals surface area contributed by atoms with Crippen LogP contribution in [0, 0.1) is 13.8 Å². The molecule has 1 aliphatic rings. The fraction of sp³-hybridized carbons (Fsp3) is 0.429. The van der Waals surface area contributed by atoms with Gasteiger partial charge >= 0.3 is 0 Å². The van der Waals surface area contributed by atoms with Crippen LogP contribution in [0.25, 0.3) is 0 Å². The van der Waals surface area contributed by atoms with E-state index in [0.29, 0.717) is 30.9 Å². The zero-order chi connectivity index (χ0) is 21.8. The molecule has 1 aliphatic heterocycles. The molecule has 9 heteroatoms. The highest BCUT2D eigenvalue weighted by Gasteiger charge is 2.31. The van der Waals surface area contributed by atoms with Gasteiger partial charge in [0.25, 0.3) is 5.91 Å². The summed E-state index contributed by atoms with van der Waals surface area (Å²) in [6.45, 7) is 7.07. The van der Waals surface area contributed by atoms with Crippen molar-refractivity contribution in [3.63, 3.8) is 0 Å². The highest BCUT2D eigenvalue weighted by atomic mass is 16.2. The molecule has 3 amide bonds. The smallest absolute Gasteiger partial charge is 0.251 e. The van der Waals surface area contributed by atoms with Crippen LogP contribution < -0.4 is 10.6 Å². The Bertz CT molecular complexity index is 934. The van der Waals surface area contributed by atoms with Crippen LogP contribution in [-0.4, -0.2) is 70.9 Å². The molecule has 0 bridgehead atoms. The topological polar surface area (TPSA) is 110 Å². The molecule has 0 unspecified atom stereocenters. The van der Waals surface area contributed by atoms with Crippen LogP contribution in [0.5, 0.6) is 0 Å². The average molecular weight is 412 g/mol. The summed E-state index contributed by atoms with van der Waals surface area (Å²) < 4.78 is 0. The zero-order valence-electron chi connectivity index (χ0n) is 17.8. The zero-order valence-corrected chi connectivity index (χ0v) is 17.8. The third-order valence-corrected chi connectivity index (χ3v) is 5.39. The van der Waals surface area contributed by atoms with E-state index in [9.17, 15) is 14.4 Å². The van der Waals surface area contributed by atoms with E-state index in [0.717, 1.165) is 17.0 Å². The molecule has 0 radical (unpaired) electrons. The quantitative estimate of drug-likeness (QED) is 0.684. The first-order valence-electron chi connectivity index (χ1n) is 9.93. The van der Waals surface area contributed by atoms with Gasteiger partial charge in [0, 0.05) is 39.2 Å². The summed E-state index contributed by atoms with van der Waals surface area (Å²) >= 11 is 0. The molecule has 3 N–H and O–H groups in total. The number of benzene rings is 1. The Morgan fingerprint density at radius 1 is 1.23 bits per heavy atom. The van der Waals surface area contributed by atoms with Gasteiger partial charge in [-0.3, -0.25) is 24.4 Å². The highest BCUT2D eigenvalue weighted by Crippen LogP contribution is 2.26. The molecule has 30 heavy (non-hydrogen) atoms. The number of piperazine rings is 1. The van der Waals surface area contributed by atoms with Gasteiger partial charge < -0.3 is 15.5 Å². The lowest BCUT2D eigenvalue weighted by Gasteiger charge is -2.41. The number of carbonyl (C=O) groups excluding carboxylic acids is 3. The first kappa shape index (κ1) is 21.5. The molecule has 9 nitrogen and oxygen atoms in total. The molecule has 2 heterocycles. The van der Waals surface area contributed by atoms with Gasteiger partial charge in [0.2, 0.25) is 11.8 Å². The summed E-state index contributed by atoms with van der Waals surface area (Å²) in [6.07, 6.45) is 0. The van der Waals surface area contributed by atoms with E-state index < -0.39 is 0 Å². The molecule has 160 valence electrons. The summed E-state index contributed by atoms with van der Waals surface area (Å²) in [6, 6.07) is 7.04. The molecule has 0 aliphatic carbocycles. The lowest BCUT2D eigenvalue weighted by Crippen LogP contribution is -2.51. The molecular formula is C21H28N6O3. The molecule has 1 aromatic heterocycles. The monoisotopic (exact) mass is 412 g/mol. The molecule has 1 saturated heterocycles. The summed E-state index contributed by atoms with van der Waals surface area (Å²) in [5.74, 6) is -0.333. The fourth-order valence-corrected chi connectivity index (χ4v) is 3.79. The van der Waals surface area contributed by atoms with Gasteiger partial charge in [-0.15, -0.1) is 0 Å². The number of aromatic nitrogens is 2. The molecular weight excluding hydrogens is 384 g/mol. The van der Waals surface area contributed by atoms with Crippen LogP contribution in [0.2, 0.25) is 0 Å². The molecule has 1 aromatic carbocycles. The standard InChI is InChI=1S/C21H28N6O3/c1-13-20(14(2)25-24-13)23-19(29)12-26-8-9-27(15(3)28)18(11-26)16-6-5-7-17(10-16)21(30)22-4/h5-7,10,18H,8-9,11-12H2,1-4H3,(H,22,30)(H,23,29)(H,24,25)/t18-/m0/s1. The van der Waals surface area contributed by atoms with Crippen LogP contribution >= 0.6 is 0 Å². The van der Waals surface area contributed by atoms with Crippen molar-refractivity contribution in [3.8, 4) is 0 Å². The van der Waals surface area contributed by atoms with Gasteiger partial charge in [0.15, 0.2) is 0 Å². The third-order valence-electron chi connectivity index (χ3n) is 5.39. The van der Waals surface area contributed by atoms with E-state index in [1.54, 1.807) is 31.0 Å². The van der Waals surface area contributed by atoms with Crippen LogP contribution in [0.15, 0.2) is 24.3 Å². The van der Waals surface area contributed by atoms with E-state index in [4.69, 9.17) is 0 Å². The third kappa shape index (κ3) is 4.68. The number of carbonyl (C=O) groups is 3. The first-order valence-corrected chi connectivity index (χ1v) is 9.93. The van der Waals surface area contributed by atoms with Crippen molar-refractivity contribution in [1.29, 1.82) is 0 Å². The minimum absolute atomic E-state index is 0.0286. The van der Waals surface area contributed by atoms with Crippen molar-refractivity contribution >= 4 is 23.4 Å². The number of H-pyrrole nitrogens is 1. The molecule has 1 fully saturated rings. The number of amides is 3. The van der Waals surface area contributed by atoms with Crippen LogP contribution in [-0.2, 0) is 9.59 Å². The Kier molecular flexibility index (Phi) is 6.51. The molecule has 0 saturated carbocycles. The number of hydrogen-bond acceptors (Lipinski definition) is 5. The molecule has 0 spiro atoms. The predicted molar refractivity (Wildman–Crippen MR) is 113 cm³/mol. The normalized spacial score (nSPS) is 16.9. The number of anilines is 1. The van der Waals surface area contributed by atoms with Gasteiger partial charge in [0.1, 0.15) is 0 Å². The van der Waals surface area contributed by atoms with Crippen molar-refractivity contribution < 1.29 is 14.4 Å². The Hall–Kier alpha value is -3.20. The van der Waals surface area contributed by atoms with Gasteiger partial charge in [-0.25, -0.2) is 0 Å². The maximum Gasteiger partial charge on any atom is 0.251 e. The van der Waals surface area contributed by atoms with Crippen molar-refractivity contribution in [1.82, 2.24) is 25.3 Å². The number of aryl methyl sites for hydroxylation is 2. The summed E-state index contributed by atoms with van der Waals surface area (Å²) in [7, 11) is 1.58. The summed E-state index contributed by atoms with van der Waals surface area (Å²) in [5, 5.41) is 12.5. The van der Waals surface area contributed by atoms with Crippen molar-refractivity contribution in [2.45, 2.75) is 26.8 Å². The van der Waals surface area contributed by atoms with Crippen LogP contribution in [0.4, 0.5) is 5.69 Å². The minimum atomic E-state index is -0.231. The predicted octanol–water partition coefficient (Wildman–Crippen LogP) is 1.23. The second kappa shape index (κ2) is 9.08. The van der Waals surface area contributed by atoms with Crippen LogP contribution in [0.1, 0.15) is 40.3 Å². The SMILES string of the molecule is CNC(=O)c1cccc([C@@H]2CN(CC(=O)Nc3c(C)n[nH]c3C)CCN2C(C)=O)c1. The first-order chi connectivity index (χ1) is 14.3. The van der Waals surface area contributed by atoms with E-state index in [1.807, 2.05) is 30.9 Å². The largest absolute Gasteiger partial charge is 0.355 e. The average Bonchev–Trinajstić information content (AvgIpc) is 3.05. The van der Waals surface area contributed by atoms with Crippen molar-refractivity contribution in [3.05, 3.63) is 46.8 Å². The Morgan fingerprint density at radius 3 is 2.63 bits per heavy atom. The van der Waals surface area contributed by atoms with Gasteiger partial charge in [-0.05, 0) is 31.5 Å². The number of rotatable bonds is 5. The second-order valence-corrected chi connectivity index (χ2v) is 7.53. The second-order valence-electron chi connectivity index (χ2n) is 7.53. The number of nitrogens with one attached hydrogen (secondary N) is 3. The lowest BCUT2D eigenvalue weighted by molar-refractivity contribution is -0.134. The van der Waals surface area contributed by atoms with E-state index in [1.165, 1.54) is 0 Å². The van der Waals surface area contributed by atoms with Crippen molar-refractivity contribution in [2.75, 3.05) is 38.5 Å². The molecule has 1 atom stereocenters. The molecule has 3 rings (SSSR count). The summed E-state index contributed by atoms with van der Waals surface area (Å²) in [5.41, 5.74) is 3.67. The van der Waals surface area contributed by atoms with E-state index in [2.05, 4.69) is 20.8 Å². The number of hydrogen-bond donors (Lipinski definition) is 3. The maximum absolute atomic E-state index is 12.6. The fourth-order valence-electron chi connectivity index (χ4n) is 3.79. The summed E-state index contributed by atoms with van der Waals surface area (Å²) in [4.78, 5) is 40.6.